The highest BCUT2D eigenvalue weighted by molar-refractivity contribution is 6.46. The number of nitrogens with zero attached hydrogens (tertiary/aromatic N) is 4. The first-order valence-electron chi connectivity index (χ1n) is 8.14. The molecular weight excluding hydrogens is 352 g/mol. The molecule has 1 aliphatic heterocycles. The molecule has 2 heterocycles. The van der Waals surface area contributed by atoms with Crippen LogP contribution in [0.2, 0.25) is 0 Å². The van der Waals surface area contributed by atoms with Gasteiger partial charge in [-0.2, -0.15) is 5.10 Å². The van der Waals surface area contributed by atoms with Crippen molar-refractivity contribution in [2.75, 3.05) is 7.05 Å². The topological polar surface area (TPSA) is 119 Å². The highest BCUT2D eigenvalue weighted by Gasteiger charge is 2.45. The van der Waals surface area contributed by atoms with Crippen LogP contribution in [-0.2, 0) is 16.6 Å². The third-order valence-electron chi connectivity index (χ3n) is 4.82. The molecule has 1 saturated heterocycles. The van der Waals surface area contributed by atoms with Gasteiger partial charge in [0.2, 0.25) is 0 Å². The largest absolute Gasteiger partial charge is 0.507 e. The molecule has 2 aromatic rings. The van der Waals surface area contributed by atoms with Gasteiger partial charge in [0.1, 0.15) is 5.76 Å². The van der Waals surface area contributed by atoms with Crippen LogP contribution in [0.3, 0.4) is 0 Å². The second-order valence-corrected chi connectivity index (χ2v) is 6.43. The molecule has 1 aromatic carbocycles. The summed E-state index contributed by atoms with van der Waals surface area (Å²) >= 11 is 0. The lowest BCUT2D eigenvalue weighted by Gasteiger charge is -2.20. The average Bonchev–Trinajstić information content (AvgIpc) is 3.01. The van der Waals surface area contributed by atoms with Crippen LogP contribution in [0.1, 0.15) is 28.6 Å². The maximum absolute atomic E-state index is 12.6. The number of rotatable bonds is 3. The van der Waals surface area contributed by atoms with E-state index < -0.39 is 22.7 Å². The molecule has 1 aromatic heterocycles. The Kier molecular flexibility index (Phi) is 4.30. The molecule has 140 valence electrons. The summed E-state index contributed by atoms with van der Waals surface area (Å²) in [6.07, 6.45) is 0. The van der Waals surface area contributed by atoms with Crippen LogP contribution in [0.5, 0.6) is 0 Å². The smallest absolute Gasteiger partial charge is 0.295 e. The highest BCUT2D eigenvalue weighted by atomic mass is 16.6. The molecule has 1 amide bonds. The van der Waals surface area contributed by atoms with Crippen LogP contribution < -0.4 is 0 Å². The van der Waals surface area contributed by atoms with Crippen LogP contribution in [-0.4, -0.2) is 43.4 Å². The standard InChI is InChI=1S/C18H18N4O5/c1-9-13(10(2)21(4)19-9)16(23)14-15(20(3)18(25)17(14)24)11-6-5-7-12(8-11)22(26)27/h5-8,15,23H,1-4H3/b16-14+. The average molecular weight is 370 g/mol. The third-order valence-corrected chi connectivity index (χ3v) is 4.82. The lowest BCUT2D eigenvalue weighted by Crippen LogP contribution is -2.24. The number of non-ortho nitro benzene ring substituents is 1. The molecule has 0 saturated carbocycles. The molecule has 0 radical (unpaired) electrons. The number of hydrogen-bond donors (Lipinski definition) is 1. The Hall–Kier alpha value is -3.49. The van der Waals surface area contributed by atoms with Crippen molar-refractivity contribution in [3.63, 3.8) is 0 Å². The zero-order valence-corrected chi connectivity index (χ0v) is 15.3. The first-order chi connectivity index (χ1) is 12.6. The van der Waals surface area contributed by atoms with E-state index in [1.807, 2.05) is 0 Å². The fourth-order valence-electron chi connectivity index (χ4n) is 3.40. The van der Waals surface area contributed by atoms with Gasteiger partial charge in [0.25, 0.3) is 17.4 Å². The number of aromatic nitrogens is 2. The summed E-state index contributed by atoms with van der Waals surface area (Å²) in [5.74, 6) is -1.96. The number of carbonyl (C=O) groups is 2. The highest BCUT2D eigenvalue weighted by Crippen LogP contribution is 2.40. The van der Waals surface area contributed by atoms with Gasteiger partial charge in [-0.1, -0.05) is 12.1 Å². The van der Waals surface area contributed by atoms with Crippen molar-refractivity contribution in [2.24, 2.45) is 7.05 Å². The van der Waals surface area contributed by atoms with Crippen molar-refractivity contribution in [1.29, 1.82) is 0 Å². The number of likely N-dealkylation sites (N-methyl/N-ethyl adjacent to an activating group) is 1. The number of amides is 1. The molecule has 27 heavy (non-hydrogen) atoms. The number of nitro benzene ring substituents is 1. The van der Waals surface area contributed by atoms with E-state index in [2.05, 4.69) is 5.10 Å². The number of aryl methyl sites for hydroxylation is 2. The molecule has 1 unspecified atom stereocenters. The Labute approximate surface area is 154 Å². The monoisotopic (exact) mass is 370 g/mol. The maximum Gasteiger partial charge on any atom is 0.295 e. The maximum atomic E-state index is 12.6. The Morgan fingerprint density at radius 3 is 2.48 bits per heavy atom. The van der Waals surface area contributed by atoms with Crippen molar-refractivity contribution >= 4 is 23.1 Å². The van der Waals surface area contributed by atoms with E-state index in [-0.39, 0.29) is 17.0 Å². The zero-order chi connectivity index (χ0) is 20.0. The molecule has 1 atom stereocenters. The Morgan fingerprint density at radius 2 is 1.93 bits per heavy atom. The molecule has 9 nitrogen and oxygen atoms in total. The zero-order valence-electron chi connectivity index (χ0n) is 15.3. The van der Waals surface area contributed by atoms with Crippen LogP contribution in [0.4, 0.5) is 5.69 Å². The SMILES string of the molecule is Cc1nn(C)c(C)c1/C(O)=C1\C(=O)C(=O)N(C)C1c1cccc([N+](=O)[O-])c1. The van der Waals surface area contributed by atoms with Gasteiger partial charge < -0.3 is 10.0 Å². The number of benzene rings is 1. The van der Waals surface area contributed by atoms with E-state index in [9.17, 15) is 24.8 Å². The van der Waals surface area contributed by atoms with Gasteiger partial charge in [0.15, 0.2) is 0 Å². The van der Waals surface area contributed by atoms with E-state index in [4.69, 9.17) is 0 Å². The molecule has 9 heteroatoms. The predicted octanol–water partition coefficient (Wildman–Crippen LogP) is 2.00. The number of aliphatic hydroxyl groups is 1. The molecule has 3 rings (SSSR count). The van der Waals surface area contributed by atoms with E-state index in [1.165, 1.54) is 30.1 Å². The molecule has 0 bridgehead atoms. The van der Waals surface area contributed by atoms with Gasteiger partial charge in [0, 0.05) is 31.9 Å². The summed E-state index contributed by atoms with van der Waals surface area (Å²) in [7, 11) is 3.13. The molecular formula is C18H18N4O5. The third kappa shape index (κ3) is 2.77. The number of ketones is 1. The van der Waals surface area contributed by atoms with Gasteiger partial charge in [-0.15, -0.1) is 0 Å². The van der Waals surface area contributed by atoms with E-state index in [1.54, 1.807) is 31.6 Å². The number of likely N-dealkylation sites (tertiary alicyclic amines) is 1. The van der Waals surface area contributed by atoms with Gasteiger partial charge in [-0.05, 0) is 19.4 Å². The second-order valence-electron chi connectivity index (χ2n) is 6.43. The minimum absolute atomic E-state index is 0.109. The van der Waals surface area contributed by atoms with Crippen molar-refractivity contribution < 1.29 is 19.6 Å². The fraction of sp³-hybridized carbons (Fsp3) is 0.278. The summed E-state index contributed by atoms with van der Waals surface area (Å²) in [5, 5.41) is 26.2. The molecule has 1 N–H and O–H groups in total. The van der Waals surface area contributed by atoms with Crippen LogP contribution >= 0.6 is 0 Å². The summed E-state index contributed by atoms with van der Waals surface area (Å²) in [6.45, 7) is 3.42. The number of hydrogen-bond acceptors (Lipinski definition) is 6. The van der Waals surface area contributed by atoms with Gasteiger partial charge >= 0.3 is 0 Å². The summed E-state index contributed by atoms with van der Waals surface area (Å²) < 4.78 is 1.56. The van der Waals surface area contributed by atoms with Crippen molar-refractivity contribution in [3.8, 4) is 0 Å². The summed E-state index contributed by atoms with van der Waals surface area (Å²) in [6, 6.07) is 4.74. The van der Waals surface area contributed by atoms with Crippen molar-refractivity contribution in [2.45, 2.75) is 19.9 Å². The van der Waals surface area contributed by atoms with Gasteiger partial charge in [0.05, 0.1) is 27.8 Å². The molecule has 1 fully saturated rings. The summed E-state index contributed by atoms with van der Waals surface area (Å²) in [4.78, 5) is 36.6. The normalized spacial score (nSPS) is 19.0. The molecule has 0 aliphatic carbocycles. The summed E-state index contributed by atoms with van der Waals surface area (Å²) in [5.41, 5.74) is 1.60. The van der Waals surface area contributed by atoms with E-state index >= 15 is 0 Å². The quantitative estimate of drug-likeness (QED) is 0.290. The lowest BCUT2D eigenvalue weighted by molar-refractivity contribution is -0.384. The van der Waals surface area contributed by atoms with E-state index in [0.29, 0.717) is 22.5 Å². The minimum Gasteiger partial charge on any atom is -0.507 e. The van der Waals surface area contributed by atoms with Crippen LogP contribution in [0.15, 0.2) is 29.8 Å². The number of nitro groups is 1. The predicted molar refractivity (Wildman–Crippen MR) is 95.8 cm³/mol. The fourth-order valence-corrected chi connectivity index (χ4v) is 3.40. The number of carbonyl (C=O) groups excluding carboxylic acids is 2. The lowest BCUT2D eigenvalue weighted by atomic mass is 9.94. The number of Topliss-reactive ketones (excluding diaryl/α,β-unsaturated/α-hetero) is 1. The Bertz CT molecular complexity index is 1020. The van der Waals surface area contributed by atoms with Gasteiger partial charge in [-0.3, -0.25) is 24.4 Å². The molecule has 1 aliphatic rings. The van der Waals surface area contributed by atoms with Crippen LogP contribution in [0, 0.1) is 24.0 Å². The van der Waals surface area contributed by atoms with Crippen LogP contribution in [0.25, 0.3) is 5.76 Å². The first kappa shape index (κ1) is 18.3. The first-order valence-corrected chi connectivity index (χ1v) is 8.14. The van der Waals surface area contributed by atoms with Crippen molar-refractivity contribution in [1.82, 2.24) is 14.7 Å². The Balaban J connectivity index is 2.25. The Morgan fingerprint density at radius 1 is 1.26 bits per heavy atom. The minimum atomic E-state index is -0.927. The number of aliphatic hydroxyl groups excluding tert-OH is 1. The van der Waals surface area contributed by atoms with Gasteiger partial charge in [-0.25, -0.2) is 0 Å². The molecule has 0 spiro atoms. The van der Waals surface area contributed by atoms with E-state index in [0.717, 1.165) is 0 Å². The van der Waals surface area contributed by atoms with Crippen molar-refractivity contribution in [3.05, 3.63) is 62.5 Å². The second kappa shape index (κ2) is 6.35.